The number of rotatable bonds is 4. The third kappa shape index (κ3) is 4.21. The molecule has 4 heteroatoms. The molecule has 2 aromatic rings. The minimum absolute atomic E-state index is 0.549. The van der Waals surface area contributed by atoms with Crippen LogP contribution in [0.5, 0.6) is 0 Å². The topological polar surface area (TPSA) is 49.8 Å². The van der Waals surface area contributed by atoms with Crippen LogP contribution in [-0.4, -0.2) is 16.0 Å². The molecule has 0 radical (unpaired) electrons. The first-order valence-electron chi connectivity index (χ1n) is 8.56. The highest BCUT2D eigenvalue weighted by Crippen LogP contribution is 2.23. The standard InChI is InChI=1S/C19H26N4/c1-13-9-10-17(11-14(13)2)23-19-12-18(20-15(3)21-19)22-16-7-5-4-6-8-16/h9-12,16H,4-8H2,1-3H3,(H2,20,21,22,23). The van der Waals surface area contributed by atoms with E-state index in [1.165, 1.54) is 43.2 Å². The van der Waals surface area contributed by atoms with Crippen LogP contribution < -0.4 is 10.6 Å². The molecule has 0 unspecified atom stereocenters. The quantitative estimate of drug-likeness (QED) is 0.844. The fraction of sp³-hybridized carbons (Fsp3) is 0.474. The number of nitrogens with zero attached hydrogens (tertiary/aromatic N) is 2. The molecule has 0 aliphatic heterocycles. The van der Waals surface area contributed by atoms with Crippen molar-refractivity contribution in [2.24, 2.45) is 0 Å². The fourth-order valence-corrected chi connectivity index (χ4v) is 3.13. The second-order valence-corrected chi connectivity index (χ2v) is 6.59. The van der Waals surface area contributed by atoms with Gasteiger partial charge in [0.2, 0.25) is 0 Å². The van der Waals surface area contributed by atoms with Crippen LogP contribution in [0.2, 0.25) is 0 Å². The van der Waals surface area contributed by atoms with Gasteiger partial charge in [-0.05, 0) is 56.9 Å². The number of anilines is 3. The van der Waals surface area contributed by atoms with E-state index in [4.69, 9.17) is 0 Å². The third-order valence-corrected chi connectivity index (χ3v) is 4.57. The van der Waals surface area contributed by atoms with Gasteiger partial charge in [-0.15, -0.1) is 0 Å². The molecule has 1 aliphatic rings. The van der Waals surface area contributed by atoms with Gasteiger partial charge in [-0.25, -0.2) is 9.97 Å². The Labute approximate surface area is 138 Å². The molecule has 0 bridgehead atoms. The van der Waals surface area contributed by atoms with Crippen molar-refractivity contribution in [2.75, 3.05) is 10.6 Å². The molecule has 4 nitrogen and oxygen atoms in total. The first kappa shape index (κ1) is 15.8. The predicted molar refractivity (Wildman–Crippen MR) is 96.5 cm³/mol. The van der Waals surface area contributed by atoms with E-state index in [1.807, 2.05) is 13.0 Å². The van der Waals surface area contributed by atoms with Gasteiger partial charge in [-0.1, -0.05) is 25.3 Å². The monoisotopic (exact) mass is 310 g/mol. The number of nitrogens with one attached hydrogen (secondary N) is 2. The van der Waals surface area contributed by atoms with Gasteiger partial charge in [0.1, 0.15) is 17.5 Å². The summed E-state index contributed by atoms with van der Waals surface area (Å²) in [7, 11) is 0. The molecule has 0 amide bonds. The number of hydrogen-bond donors (Lipinski definition) is 2. The Morgan fingerprint density at radius 2 is 1.61 bits per heavy atom. The number of aryl methyl sites for hydroxylation is 3. The molecule has 1 fully saturated rings. The zero-order chi connectivity index (χ0) is 16.2. The predicted octanol–water partition coefficient (Wildman–Crippen LogP) is 4.89. The zero-order valence-electron chi connectivity index (χ0n) is 14.3. The SMILES string of the molecule is Cc1nc(Nc2ccc(C)c(C)c2)cc(NC2CCCCC2)n1. The molecule has 0 atom stereocenters. The lowest BCUT2D eigenvalue weighted by molar-refractivity contribution is 0.462. The molecular formula is C19H26N4. The van der Waals surface area contributed by atoms with E-state index in [0.717, 1.165) is 23.1 Å². The largest absolute Gasteiger partial charge is 0.367 e. The molecule has 3 rings (SSSR count). The van der Waals surface area contributed by atoms with Crippen molar-refractivity contribution in [3.63, 3.8) is 0 Å². The van der Waals surface area contributed by atoms with Gasteiger partial charge in [0, 0.05) is 17.8 Å². The van der Waals surface area contributed by atoms with E-state index in [0.29, 0.717) is 6.04 Å². The summed E-state index contributed by atoms with van der Waals surface area (Å²) >= 11 is 0. The van der Waals surface area contributed by atoms with Gasteiger partial charge in [-0.3, -0.25) is 0 Å². The van der Waals surface area contributed by atoms with Crippen LogP contribution >= 0.6 is 0 Å². The maximum absolute atomic E-state index is 4.54. The number of benzene rings is 1. The Morgan fingerprint density at radius 3 is 2.35 bits per heavy atom. The summed E-state index contributed by atoms with van der Waals surface area (Å²) in [6.45, 7) is 6.19. The van der Waals surface area contributed by atoms with Crippen molar-refractivity contribution in [3.8, 4) is 0 Å². The van der Waals surface area contributed by atoms with Crippen molar-refractivity contribution in [2.45, 2.75) is 58.9 Å². The van der Waals surface area contributed by atoms with Crippen molar-refractivity contribution < 1.29 is 0 Å². The molecule has 0 saturated heterocycles. The molecule has 1 aromatic heterocycles. The van der Waals surface area contributed by atoms with Crippen molar-refractivity contribution in [3.05, 3.63) is 41.2 Å². The van der Waals surface area contributed by atoms with Gasteiger partial charge < -0.3 is 10.6 Å². The molecule has 1 aromatic carbocycles. The van der Waals surface area contributed by atoms with E-state index >= 15 is 0 Å². The van der Waals surface area contributed by atoms with Crippen LogP contribution in [0.25, 0.3) is 0 Å². The second-order valence-electron chi connectivity index (χ2n) is 6.59. The number of aromatic nitrogens is 2. The highest BCUT2D eigenvalue weighted by Gasteiger charge is 2.14. The molecule has 0 spiro atoms. The van der Waals surface area contributed by atoms with Crippen LogP contribution in [0.3, 0.4) is 0 Å². The third-order valence-electron chi connectivity index (χ3n) is 4.57. The first-order chi connectivity index (χ1) is 11.1. The maximum Gasteiger partial charge on any atom is 0.136 e. The van der Waals surface area contributed by atoms with Crippen LogP contribution in [0, 0.1) is 20.8 Å². The summed E-state index contributed by atoms with van der Waals surface area (Å²) in [5.41, 5.74) is 3.64. The summed E-state index contributed by atoms with van der Waals surface area (Å²) in [6, 6.07) is 8.94. The van der Waals surface area contributed by atoms with E-state index in [1.54, 1.807) is 0 Å². The summed E-state index contributed by atoms with van der Waals surface area (Å²) < 4.78 is 0. The number of hydrogen-bond acceptors (Lipinski definition) is 4. The van der Waals surface area contributed by atoms with Crippen LogP contribution in [0.15, 0.2) is 24.3 Å². The van der Waals surface area contributed by atoms with Crippen LogP contribution in [0.4, 0.5) is 17.3 Å². The Balaban J connectivity index is 1.75. The average Bonchev–Trinajstić information content (AvgIpc) is 2.51. The van der Waals surface area contributed by atoms with Gasteiger partial charge in [0.15, 0.2) is 0 Å². The van der Waals surface area contributed by atoms with Gasteiger partial charge in [-0.2, -0.15) is 0 Å². The lowest BCUT2D eigenvalue weighted by atomic mass is 9.95. The van der Waals surface area contributed by atoms with E-state index in [2.05, 4.69) is 52.6 Å². The highest BCUT2D eigenvalue weighted by molar-refractivity contribution is 5.60. The summed E-state index contributed by atoms with van der Waals surface area (Å²) in [4.78, 5) is 9.05. The van der Waals surface area contributed by atoms with Crippen LogP contribution in [0.1, 0.15) is 49.1 Å². The lowest BCUT2D eigenvalue weighted by Gasteiger charge is -2.23. The molecule has 1 aliphatic carbocycles. The molecule has 122 valence electrons. The molecule has 1 heterocycles. The summed E-state index contributed by atoms with van der Waals surface area (Å²) in [5.74, 6) is 2.56. The molecular weight excluding hydrogens is 284 g/mol. The minimum Gasteiger partial charge on any atom is -0.367 e. The van der Waals surface area contributed by atoms with Crippen molar-refractivity contribution in [1.29, 1.82) is 0 Å². The highest BCUT2D eigenvalue weighted by atomic mass is 15.1. The summed E-state index contributed by atoms with van der Waals surface area (Å²) in [5, 5.41) is 6.98. The minimum atomic E-state index is 0.549. The van der Waals surface area contributed by atoms with E-state index in [-0.39, 0.29) is 0 Å². The van der Waals surface area contributed by atoms with E-state index < -0.39 is 0 Å². The van der Waals surface area contributed by atoms with Crippen molar-refractivity contribution in [1.82, 2.24) is 9.97 Å². The Bertz CT molecular complexity index is 675. The normalized spacial score (nSPS) is 15.4. The Kier molecular flexibility index (Phi) is 4.79. The zero-order valence-corrected chi connectivity index (χ0v) is 14.3. The molecule has 1 saturated carbocycles. The fourth-order valence-electron chi connectivity index (χ4n) is 3.13. The van der Waals surface area contributed by atoms with Gasteiger partial charge in [0.25, 0.3) is 0 Å². The van der Waals surface area contributed by atoms with E-state index in [9.17, 15) is 0 Å². The Hall–Kier alpha value is -2.10. The Morgan fingerprint density at radius 1 is 0.870 bits per heavy atom. The average molecular weight is 310 g/mol. The van der Waals surface area contributed by atoms with Crippen molar-refractivity contribution >= 4 is 17.3 Å². The van der Waals surface area contributed by atoms with Crippen LogP contribution in [-0.2, 0) is 0 Å². The van der Waals surface area contributed by atoms with Gasteiger partial charge in [0.05, 0.1) is 0 Å². The molecule has 23 heavy (non-hydrogen) atoms. The maximum atomic E-state index is 4.54. The second kappa shape index (κ2) is 6.99. The first-order valence-corrected chi connectivity index (χ1v) is 8.56. The smallest absolute Gasteiger partial charge is 0.136 e. The van der Waals surface area contributed by atoms with Gasteiger partial charge >= 0.3 is 0 Å². The molecule has 2 N–H and O–H groups in total. The lowest BCUT2D eigenvalue weighted by Crippen LogP contribution is -2.23. The summed E-state index contributed by atoms with van der Waals surface area (Å²) in [6.07, 6.45) is 6.47.